The summed E-state index contributed by atoms with van der Waals surface area (Å²) in [6.45, 7) is 7.80. The lowest BCUT2D eigenvalue weighted by Gasteiger charge is -2.16. The fourth-order valence-electron chi connectivity index (χ4n) is 3.07. The maximum Gasteiger partial charge on any atom is 0.180 e. The van der Waals surface area contributed by atoms with Crippen molar-refractivity contribution in [3.63, 3.8) is 0 Å². The van der Waals surface area contributed by atoms with Gasteiger partial charge < -0.3 is 14.8 Å². The third kappa shape index (κ3) is 5.20. The highest BCUT2D eigenvalue weighted by Crippen LogP contribution is 2.37. The summed E-state index contributed by atoms with van der Waals surface area (Å²) >= 11 is 6.54. The molecule has 0 atom stereocenters. The Kier molecular flexibility index (Phi) is 6.83. The number of ether oxygens (including phenoxy) is 2. The second kappa shape index (κ2) is 9.52. The fraction of sp³-hybridized carbons (Fsp3) is 0.250. The van der Waals surface area contributed by atoms with Crippen LogP contribution in [-0.4, -0.2) is 6.61 Å². The van der Waals surface area contributed by atoms with Crippen molar-refractivity contribution in [1.29, 1.82) is 0 Å². The highest BCUT2D eigenvalue weighted by Gasteiger charge is 2.13. The zero-order chi connectivity index (χ0) is 19.9. The molecule has 0 radical (unpaired) electrons. The SMILES string of the molecule is CCOc1cc(CNc2ccc(C)cc2C)cc(Cl)c1OCc1ccccc1. The Morgan fingerprint density at radius 1 is 0.893 bits per heavy atom. The topological polar surface area (TPSA) is 30.5 Å². The summed E-state index contributed by atoms with van der Waals surface area (Å²) in [4.78, 5) is 0. The first-order chi connectivity index (χ1) is 13.6. The number of anilines is 1. The van der Waals surface area contributed by atoms with Gasteiger partial charge in [-0.1, -0.05) is 59.6 Å². The van der Waals surface area contributed by atoms with Gasteiger partial charge in [-0.15, -0.1) is 0 Å². The summed E-state index contributed by atoms with van der Waals surface area (Å²) in [7, 11) is 0. The summed E-state index contributed by atoms with van der Waals surface area (Å²) in [6.07, 6.45) is 0. The van der Waals surface area contributed by atoms with Crippen LogP contribution in [0.5, 0.6) is 11.5 Å². The zero-order valence-corrected chi connectivity index (χ0v) is 17.3. The molecule has 0 spiro atoms. The van der Waals surface area contributed by atoms with Crippen LogP contribution in [0.25, 0.3) is 0 Å². The van der Waals surface area contributed by atoms with Gasteiger partial charge in [0.15, 0.2) is 11.5 Å². The molecule has 0 aromatic heterocycles. The Labute approximate surface area is 172 Å². The molecule has 0 saturated heterocycles. The minimum atomic E-state index is 0.445. The van der Waals surface area contributed by atoms with E-state index < -0.39 is 0 Å². The highest BCUT2D eigenvalue weighted by molar-refractivity contribution is 6.32. The molecule has 0 heterocycles. The summed E-state index contributed by atoms with van der Waals surface area (Å²) < 4.78 is 11.8. The van der Waals surface area contributed by atoms with Gasteiger partial charge in [0.25, 0.3) is 0 Å². The quantitative estimate of drug-likeness (QED) is 0.469. The number of aryl methyl sites for hydroxylation is 2. The van der Waals surface area contributed by atoms with Gasteiger partial charge in [0.1, 0.15) is 6.61 Å². The van der Waals surface area contributed by atoms with Gasteiger partial charge in [0, 0.05) is 12.2 Å². The molecule has 1 N–H and O–H groups in total. The van der Waals surface area contributed by atoms with Crippen molar-refractivity contribution in [2.45, 2.75) is 33.9 Å². The number of benzene rings is 3. The van der Waals surface area contributed by atoms with E-state index in [4.69, 9.17) is 21.1 Å². The zero-order valence-electron chi connectivity index (χ0n) is 16.6. The van der Waals surface area contributed by atoms with E-state index in [9.17, 15) is 0 Å². The van der Waals surface area contributed by atoms with Crippen LogP contribution in [0.15, 0.2) is 60.7 Å². The van der Waals surface area contributed by atoms with E-state index in [1.165, 1.54) is 11.1 Å². The fourth-order valence-corrected chi connectivity index (χ4v) is 3.35. The van der Waals surface area contributed by atoms with Crippen molar-refractivity contribution in [2.75, 3.05) is 11.9 Å². The summed E-state index contributed by atoms with van der Waals surface area (Å²) in [5, 5.41) is 4.03. The van der Waals surface area contributed by atoms with Crippen LogP contribution < -0.4 is 14.8 Å². The summed E-state index contributed by atoms with van der Waals surface area (Å²) in [5.41, 5.74) is 5.72. The van der Waals surface area contributed by atoms with Gasteiger partial charge in [0.05, 0.1) is 11.6 Å². The van der Waals surface area contributed by atoms with Crippen molar-refractivity contribution < 1.29 is 9.47 Å². The normalized spacial score (nSPS) is 10.6. The van der Waals surface area contributed by atoms with Crippen LogP contribution in [0.2, 0.25) is 5.02 Å². The third-order valence-electron chi connectivity index (χ3n) is 4.46. The lowest BCUT2D eigenvalue weighted by atomic mass is 10.1. The molecule has 0 bridgehead atoms. The second-order valence-electron chi connectivity index (χ2n) is 6.78. The van der Waals surface area contributed by atoms with E-state index in [0.29, 0.717) is 36.3 Å². The molecular weight excluding hydrogens is 370 g/mol. The molecule has 0 saturated carbocycles. The van der Waals surface area contributed by atoms with Crippen LogP contribution in [0.3, 0.4) is 0 Å². The molecule has 4 heteroatoms. The van der Waals surface area contributed by atoms with Gasteiger partial charge in [-0.25, -0.2) is 0 Å². The van der Waals surface area contributed by atoms with Gasteiger partial charge in [-0.2, -0.15) is 0 Å². The van der Waals surface area contributed by atoms with Crippen LogP contribution in [0, 0.1) is 13.8 Å². The van der Waals surface area contributed by atoms with Gasteiger partial charge >= 0.3 is 0 Å². The highest BCUT2D eigenvalue weighted by atomic mass is 35.5. The number of nitrogens with one attached hydrogen (secondary N) is 1. The maximum atomic E-state index is 6.54. The van der Waals surface area contributed by atoms with Gasteiger partial charge in [-0.3, -0.25) is 0 Å². The molecule has 3 aromatic rings. The molecule has 28 heavy (non-hydrogen) atoms. The number of rotatable bonds is 8. The van der Waals surface area contributed by atoms with E-state index >= 15 is 0 Å². The standard InChI is InChI=1S/C24H26ClNO2/c1-4-27-23-14-20(15-26-22-11-10-17(2)12-18(22)3)13-21(25)24(23)28-16-19-8-6-5-7-9-19/h5-14,26H,4,15-16H2,1-3H3. The van der Waals surface area contributed by atoms with Crippen molar-refractivity contribution in [1.82, 2.24) is 0 Å². The van der Waals surface area contributed by atoms with E-state index in [1.54, 1.807) is 0 Å². The van der Waals surface area contributed by atoms with Crippen molar-refractivity contribution in [3.8, 4) is 11.5 Å². The van der Waals surface area contributed by atoms with Crippen molar-refractivity contribution in [2.24, 2.45) is 0 Å². The first-order valence-electron chi connectivity index (χ1n) is 9.50. The van der Waals surface area contributed by atoms with E-state index in [2.05, 4.69) is 37.4 Å². The van der Waals surface area contributed by atoms with Gasteiger partial charge in [0.2, 0.25) is 0 Å². The largest absolute Gasteiger partial charge is 0.490 e. The first-order valence-corrected chi connectivity index (χ1v) is 9.87. The second-order valence-corrected chi connectivity index (χ2v) is 7.19. The molecule has 3 rings (SSSR count). The van der Waals surface area contributed by atoms with Crippen molar-refractivity contribution >= 4 is 17.3 Å². The molecule has 0 fully saturated rings. The number of halogens is 1. The molecule has 3 aromatic carbocycles. The predicted octanol–water partition coefficient (Wildman–Crippen LogP) is 6.55. The molecule has 0 aliphatic carbocycles. The Balaban J connectivity index is 1.75. The molecule has 0 aliphatic rings. The Hall–Kier alpha value is -2.65. The Morgan fingerprint density at radius 3 is 2.39 bits per heavy atom. The third-order valence-corrected chi connectivity index (χ3v) is 4.74. The van der Waals surface area contributed by atoms with Crippen LogP contribution >= 0.6 is 11.6 Å². The van der Waals surface area contributed by atoms with Crippen LogP contribution in [-0.2, 0) is 13.2 Å². The molecular formula is C24H26ClNO2. The Bertz CT molecular complexity index is 925. The summed E-state index contributed by atoms with van der Waals surface area (Å²) in [6, 6.07) is 20.3. The maximum absolute atomic E-state index is 6.54. The molecule has 0 amide bonds. The molecule has 3 nitrogen and oxygen atoms in total. The van der Waals surface area contributed by atoms with Gasteiger partial charge in [-0.05, 0) is 55.7 Å². The molecule has 146 valence electrons. The smallest absolute Gasteiger partial charge is 0.180 e. The summed E-state index contributed by atoms with van der Waals surface area (Å²) in [5.74, 6) is 1.26. The average molecular weight is 396 g/mol. The molecule has 0 unspecified atom stereocenters. The minimum absolute atomic E-state index is 0.445. The average Bonchev–Trinajstić information content (AvgIpc) is 2.68. The van der Waals surface area contributed by atoms with Crippen LogP contribution in [0.4, 0.5) is 5.69 Å². The number of hydrogen-bond donors (Lipinski definition) is 1. The van der Waals surface area contributed by atoms with E-state index in [1.807, 2.05) is 49.4 Å². The van der Waals surface area contributed by atoms with Crippen molar-refractivity contribution in [3.05, 3.63) is 87.9 Å². The van der Waals surface area contributed by atoms with E-state index in [-0.39, 0.29) is 0 Å². The lowest BCUT2D eigenvalue weighted by molar-refractivity contribution is 0.269. The first kappa shape index (κ1) is 20.1. The molecule has 0 aliphatic heterocycles. The Morgan fingerprint density at radius 2 is 1.68 bits per heavy atom. The minimum Gasteiger partial charge on any atom is -0.490 e. The number of hydrogen-bond acceptors (Lipinski definition) is 3. The van der Waals surface area contributed by atoms with Crippen LogP contribution in [0.1, 0.15) is 29.2 Å². The predicted molar refractivity (Wildman–Crippen MR) is 117 cm³/mol. The lowest BCUT2D eigenvalue weighted by Crippen LogP contribution is -2.04. The van der Waals surface area contributed by atoms with E-state index in [0.717, 1.165) is 16.8 Å². The monoisotopic (exact) mass is 395 g/mol.